The quantitative estimate of drug-likeness (QED) is 0.918. The number of aromatic nitrogens is 2. The smallest absolute Gasteiger partial charge is 0.314 e. The second-order valence-electron chi connectivity index (χ2n) is 5.17. The number of carboxylic acid groups (broad SMARTS) is 1. The maximum atomic E-state index is 11.5. The van der Waals surface area contributed by atoms with Gasteiger partial charge in [0, 0.05) is 11.9 Å². The molecule has 0 radical (unpaired) electrons. The molecule has 0 spiro atoms. The summed E-state index contributed by atoms with van der Waals surface area (Å²) in [7, 11) is 0. The van der Waals surface area contributed by atoms with E-state index >= 15 is 0 Å². The van der Waals surface area contributed by atoms with Crippen LogP contribution in [0.5, 0.6) is 0 Å². The number of carboxylic acids is 1. The van der Waals surface area contributed by atoms with E-state index in [0.717, 1.165) is 36.2 Å². The van der Waals surface area contributed by atoms with Crippen LogP contribution in [0, 0.1) is 6.92 Å². The standard InChI is InChI=1S/C15H16N2O2/c1-11-7-10-16-17(11)13-5-3-12(4-6-13)15(14(18)19)8-2-9-15/h3-7,10H,2,8-9H2,1H3,(H,18,19). The van der Waals surface area contributed by atoms with Gasteiger partial charge in [-0.1, -0.05) is 18.6 Å². The van der Waals surface area contributed by atoms with Crippen molar-refractivity contribution >= 4 is 5.97 Å². The van der Waals surface area contributed by atoms with Crippen molar-refractivity contribution in [3.63, 3.8) is 0 Å². The summed E-state index contributed by atoms with van der Waals surface area (Å²) in [6, 6.07) is 9.67. The zero-order valence-corrected chi connectivity index (χ0v) is 10.8. The van der Waals surface area contributed by atoms with Crippen LogP contribution in [-0.2, 0) is 10.2 Å². The van der Waals surface area contributed by atoms with Gasteiger partial charge in [0.25, 0.3) is 0 Å². The van der Waals surface area contributed by atoms with E-state index in [1.807, 2.05) is 41.9 Å². The van der Waals surface area contributed by atoms with Crippen molar-refractivity contribution in [3.8, 4) is 5.69 Å². The van der Waals surface area contributed by atoms with Crippen molar-refractivity contribution in [2.45, 2.75) is 31.6 Å². The number of hydrogen-bond donors (Lipinski definition) is 1. The molecular formula is C15H16N2O2. The summed E-state index contributed by atoms with van der Waals surface area (Å²) in [6.45, 7) is 1.99. The molecule has 1 fully saturated rings. The topological polar surface area (TPSA) is 55.1 Å². The highest BCUT2D eigenvalue weighted by Crippen LogP contribution is 2.44. The predicted molar refractivity (Wildman–Crippen MR) is 71.5 cm³/mol. The average molecular weight is 256 g/mol. The normalized spacial score (nSPS) is 16.9. The Labute approximate surface area is 111 Å². The molecule has 1 aromatic heterocycles. The zero-order chi connectivity index (χ0) is 13.5. The predicted octanol–water partition coefficient (Wildman–Crippen LogP) is 2.69. The third-order valence-electron chi connectivity index (χ3n) is 4.11. The SMILES string of the molecule is Cc1ccnn1-c1ccc(C2(C(=O)O)CCC2)cc1. The van der Waals surface area contributed by atoms with E-state index in [4.69, 9.17) is 0 Å². The highest BCUT2D eigenvalue weighted by molar-refractivity contribution is 5.82. The van der Waals surface area contributed by atoms with Gasteiger partial charge in [0.15, 0.2) is 0 Å². The first-order valence-corrected chi connectivity index (χ1v) is 6.48. The lowest BCUT2D eigenvalue weighted by molar-refractivity contribution is -0.147. The van der Waals surface area contributed by atoms with Gasteiger partial charge in [0.05, 0.1) is 11.1 Å². The second kappa shape index (κ2) is 4.23. The lowest BCUT2D eigenvalue weighted by Gasteiger charge is -2.38. The molecule has 1 aliphatic rings. The van der Waals surface area contributed by atoms with Crippen LogP contribution in [0.25, 0.3) is 5.69 Å². The van der Waals surface area contributed by atoms with E-state index < -0.39 is 11.4 Å². The molecule has 1 N–H and O–H groups in total. The van der Waals surface area contributed by atoms with Crippen LogP contribution in [0.4, 0.5) is 0 Å². The molecule has 2 aromatic rings. The Morgan fingerprint density at radius 3 is 2.37 bits per heavy atom. The molecule has 0 bridgehead atoms. The third kappa shape index (κ3) is 1.75. The van der Waals surface area contributed by atoms with Crippen molar-refractivity contribution < 1.29 is 9.90 Å². The molecule has 0 saturated heterocycles. The fourth-order valence-corrected chi connectivity index (χ4v) is 2.72. The molecule has 0 atom stereocenters. The summed E-state index contributed by atoms with van der Waals surface area (Å²) in [5.74, 6) is -0.707. The van der Waals surface area contributed by atoms with Crippen LogP contribution in [0.2, 0.25) is 0 Å². The van der Waals surface area contributed by atoms with Crippen LogP contribution in [0.15, 0.2) is 36.5 Å². The summed E-state index contributed by atoms with van der Waals surface area (Å²) in [4.78, 5) is 11.5. The fourth-order valence-electron chi connectivity index (χ4n) is 2.72. The van der Waals surface area contributed by atoms with Crippen molar-refractivity contribution in [3.05, 3.63) is 47.8 Å². The first-order chi connectivity index (χ1) is 9.13. The molecule has 3 rings (SSSR count). The Morgan fingerprint density at radius 2 is 1.95 bits per heavy atom. The number of aliphatic carboxylic acids is 1. The molecular weight excluding hydrogens is 240 g/mol. The summed E-state index contributed by atoms with van der Waals surface area (Å²) < 4.78 is 1.85. The van der Waals surface area contributed by atoms with Crippen LogP contribution in [0.3, 0.4) is 0 Å². The molecule has 1 aliphatic carbocycles. The summed E-state index contributed by atoms with van der Waals surface area (Å²) >= 11 is 0. The Kier molecular flexibility index (Phi) is 2.66. The van der Waals surface area contributed by atoms with Crippen LogP contribution >= 0.6 is 0 Å². The minimum absolute atomic E-state index is 0.655. The molecule has 4 nitrogen and oxygen atoms in total. The zero-order valence-electron chi connectivity index (χ0n) is 10.8. The maximum Gasteiger partial charge on any atom is 0.314 e. The third-order valence-corrected chi connectivity index (χ3v) is 4.11. The lowest BCUT2D eigenvalue weighted by atomic mass is 9.64. The van der Waals surface area contributed by atoms with Gasteiger partial charge >= 0.3 is 5.97 Å². The fraction of sp³-hybridized carbons (Fsp3) is 0.333. The van der Waals surface area contributed by atoms with Crippen molar-refractivity contribution in [2.75, 3.05) is 0 Å². The van der Waals surface area contributed by atoms with E-state index in [1.165, 1.54) is 0 Å². The van der Waals surface area contributed by atoms with Crippen molar-refractivity contribution in [1.82, 2.24) is 9.78 Å². The number of rotatable bonds is 3. The van der Waals surface area contributed by atoms with Crippen molar-refractivity contribution in [2.24, 2.45) is 0 Å². The Hall–Kier alpha value is -2.10. The second-order valence-corrected chi connectivity index (χ2v) is 5.17. The largest absolute Gasteiger partial charge is 0.481 e. The van der Waals surface area contributed by atoms with Crippen LogP contribution in [0.1, 0.15) is 30.5 Å². The van der Waals surface area contributed by atoms with Crippen LogP contribution in [-0.4, -0.2) is 20.9 Å². The van der Waals surface area contributed by atoms with Gasteiger partial charge in [-0.25, -0.2) is 4.68 Å². The molecule has 1 heterocycles. The molecule has 0 unspecified atom stereocenters. The lowest BCUT2D eigenvalue weighted by Crippen LogP contribution is -2.42. The molecule has 0 amide bonds. The monoisotopic (exact) mass is 256 g/mol. The van der Waals surface area contributed by atoms with E-state index in [9.17, 15) is 9.90 Å². The van der Waals surface area contributed by atoms with E-state index in [-0.39, 0.29) is 0 Å². The number of hydrogen-bond acceptors (Lipinski definition) is 2. The summed E-state index contributed by atoms with van der Waals surface area (Å²) in [6.07, 6.45) is 4.23. The Balaban J connectivity index is 1.95. The molecule has 0 aliphatic heterocycles. The van der Waals surface area contributed by atoms with E-state index in [0.29, 0.717) is 0 Å². The molecule has 1 saturated carbocycles. The van der Waals surface area contributed by atoms with Gasteiger partial charge in [-0.2, -0.15) is 5.10 Å². The van der Waals surface area contributed by atoms with Gasteiger partial charge in [0.1, 0.15) is 0 Å². The van der Waals surface area contributed by atoms with Gasteiger partial charge < -0.3 is 5.11 Å². The van der Waals surface area contributed by atoms with Gasteiger partial charge in [0.2, 0.25) is 0 Å². The average Bonchev–Trinajstić information content (AvgIpc) is 2.74. The van der Waals surface area contributed by atoms with Crippen molar-refractivity contribution in [1.29, 1.82) is 0 Å². The summed E-state index contributed by atoms with van der Waals surface area (Å²) in [5.41, 5.74) is 2.27. The minimum atomic E-state index is -0.707. The molecule has 4 heteroatoms. The minimum Gasteiger partial charge on any atom is -0.481 e. The van der Waals surface area contributed by atoms with Crippen LogP contribution < -0.4 is 0 Å². The van der Waals surface area contributed by atoms with Gasteiger partial charge in [-0.3, -0.25) is 4.79 Å². The van der Waals surface area contributed by atoms with Gasteiger partial charge in [-0.15, -0.1) is 0 Å². The maximum absolute atomic E-state index is 11.5. The van der Waals surface area contributed by atoms with E-state index in [2.05, 4.69) is 5.10 Å². The first-order valence-electron chi connectivity index (χ1n) is 6.48. The number of benzene rings is 1. The molecule has 98 valence electrons. The van der Waals surface area contributed by atoms with E-state index in [1.54, 1.807) is 6.20 Å². The first kappa shape index (κ1) is 12.0. The number of nitrogens with zero attached hydrogens (tertiary/aromatic N) is 2. The highest BCUT2D eigenvalue weighted by atomic mass is 16.4. The number of aryl methyl sites for hydroxylation is 1. The number of carbonyl (C=O) groups is 1. The molecule has 19 heavy (non-hydrogen) atoms. The van der Waals surface area contributed by atoms with Gasteiger partial charge in [-0.05, 0) is 43.5 Å². The molecule has 1 aromatic carbocycles. The highest BCUT2D eigenvalue weighted by Gasteiger charge is 2.45. The summed E-state index contributed by atoms with van der Waals surface area (Å²) in [5, 5.41) is 13.7. The Bertz CT molecular complexity index is 609. The Morgan fingerprint density at radius 1 is 1.26 bits per heavy atom.